The van der Waals surface area contributed by atoms with Crippen molar-refractivity contribution in [1.82, 2.24) is 20.1 Å². The number of nitrogens with zero attached hydrogens (tertiary/aromatic N) is 5. The number of benzene rings is 1. The molecule has 8 nitrogen and oxygen atoms in total. The van der Waals surface area contributed by atoms with Crippen molar-refractivity contribution in [3.63, 3.8) is 0 Å². The monoisotopic (exact) mass is 423 g/mol. The van der Waals surface area contributed by atoms with E-state index < -0.39 is 0 Å². The number of hydrogen-bond acceptors (Lipinski definition) is 6. The Morgan fingerprint density at radius 1 is 1.00 bits per heavy atom. The first-order chi connectivity index (χ1) is 14.6. The third kappa shape index (κ3) is 4.96. The molecule has 1 aromatic carbocycles. The number of rotatable bonds is 4. The molecule has 3 heterocycles. The number of halogens is 1. The van der Waals surface area contributed by atoms with Gasteiger partial charge in [-0.3, -0.25) is 0 Å². The van der Waals surface area contributed by atoms with E-state index in [1.807, 2.05) is 43.3 Å². The molecule has 0 atom stereocenters. The summed E-state index contributed by atoms with van der Waals surface area (Å²) in [7, 11) is 0. The molecule has 1 fully saturated rings. The Balaban J connectivity index is 1.31. The zero-order chi connectivity index (χ0) is 20.9. The zero-order valence-electron chi connectivity index (χ0n) is 16.5. The number of carbonyl (C=O) groups is 1. The normalized spacial score (nSPS) is 13.8. The van der Waals surface area contributed by atoms with Crippen LogP contribution in [0, 0.1) is 6.92 Å². The quantitative estimate of drug-likeness (QED) is 0.661. The minimum absolute atomic E-state index is 0.131. The van der Waals surface area contributed by atoms with E-state index in [0.717, 1.165) is 17.2 Å². The molecule has 2 amide bonds. The molecule has 30 heavy (non-hydrogen) atoms. The van der Waals surface area contributed by atoms with Gasteiger partial charge in [-0.1, -0.05) is 17.7 Å². The number of urea groups is 1. The van der Waals surface area contributed by atoms with E-state index >= 15 is 0 Å². The Morgan fingerprint density at radius 2 is 1.83 bits per heavy atom. The maximum absolute atomic E-state index is 12.5. The van der Waals surface area contributed by atoms with Crippen molar-refractivity contribution in [3.8, 4) is 0 Å². The van der Waals surface area contributed by atoms with Crippen molar-refractivity contribution in [3.05, 3.63) is 65.3 Å². The fourth-order valence-electron chi connectivity index (χ4n) is 3.20. The highest BCUT2D eigenvalue weighted by molar-refractivity contribution is 6.30. The average Bonchev–Trinajstić information content (AvgIpc) is 2.74. The molecule has 1 aliphatic rings. The summed E-state index contributed by atoms with van der Waals surface area (Å²) in [5, 5.41) is 15.2. The number of pyridine rings is 1. The fourth-order valence-corrected chi connectivity index (χ4v) is 3.39. The Hall–Kier alpha value is -3.39. The number of carbonyl (C=O) groups excluding carboxylic acids is 1. The van der Waals surface area contributed by atoms with Gasteiger partial charge in [0.1, 0.15) is 5.82 Å². The topological polar surface area (TPSA) is 86.3 Å². The van der Waals surface area contributed by atoms with E-state index in [2.05, 4.69) is 30.7 Å². The summed E-state index contributed by atoms with van der Waals surface area (Å²) in [6.45, 7) is 4.58. The van der Waals surface area contributed by atoms with Crippen molar-refractivity contribution in [2.45, 2.75) is 6.92 Å². The highest BCUT2D eigenvalue weighted by Gasteiger charge is 2.22. The van der Waals surface area contributed by atoms with Gasteiger partial charge in [0, 0.05) is 43.1 Å². The number of hydrogen-bond donors (Lipinski definition) is 2. The minimum Gasteiger partial charge on any atom is -0.352 e. The van der Waals surface area contributed by atoms with E-state index in [0.29, 0.717) is 42.7 Å². The summed E-state index contributed by atoms with van der Waals surface area (Å²) in [4.78, 5) is 20.6. The largest absolute Gasteiger partial charge is 0.352 e. The van der Waals surface area contributed by atoms with Crippen LogP contribution >= 0.6 is 11.6 Å². The Kier molecular flexibility index (Phi) is 5.94. The number of amides is 2. The van der Waals surface area contributed by atoms with Crippen molar-refractivity contribution >= 4 is 40.8 Å². The van der Waals surface area contributed by atoms with Crippen molar-refractivity contribution < 1.29 is 4.79 Å². The van der Waals surface area contributed by atoms with Gasteiger partial charge in [0.15, 0.2) is 11.6 Å². The van der Waals surface area contributed by atoms with Crippen LogP contribution in [0.1, 0.15) is 5.56 Å². The zero-order valence-corrected chi connectivity index (χ0v) is 17.3. The smallest absolute Gasteiger partial charge is 0.321 e. The number of piperazine rings is 1. The second kappa shape index (κ2) is 8.96. The first kappa shape index (κ1) is 19.9. The summed E-state index contributed by atoms with van der Waals surface area (Å²) in [5.41, 5.74) is 1.81. The summed E-state index contributed by atoms with van der Waals surface area (Å²) in [6, 6.07) is 14.7. The highest BCUT2D eigenvalue weighted by atomic mass is 35.5. The van der Waals surface area contributed by atoms with Gasteiger partial charge in [-0.25, -0.2) is 9.78 Å². The molecule has 1 aliphatic heterocycles. The van der Waals surface area contributed by atoms with Crippen LogP contribution in [0.25, 0.3) is 0 Å². The van der Waals surface area contributed by atoms with Crippen LogP contribution in [0.5, 0.6) is 0 Å². The summed E-state index contributed by atoms with van der Waals surface area (Å²) >= 11 is 5.97. The van der Waals surface area contributed by atoms with Gasteiger partial charge in [-0.2, -0.15) is 0 Å². The molecule has 0 spiro atoms. The van der Waals surface area contributed by atoms with Crippen molar-refractivity contribution in [2.75, 3.05) is 41.7 Å². The molecule has 1 saturated heterocycles. The lowest BCUT2D eigenvalue weighted by atomic mass is 10.3. The highest BCUT2D eigenvalue weighted by Crippen LogP contribution is 2.18. The lowest BCUT2D eigenvalue weighted by Gasteiger charge is -2.35. The molecule has 2 aromatic heterocycles. The second-order valence-corrected chi connectivity index (χ2v) is 7.47. The predicted molar refractivity (Wildman–Crippen MR) is 119 cm³/mol. The average molecular weight is 424 g/mol. The molecule has 0 unspecified atom stereocenters. The maximum atomic E-state index is 12.5. The van der Waals surface area contributed by atoms with Crippen LogP contribution in [-0.2, 0) is 0 Å². The molecular formula is C21H22ClN7O. The van der Waals surface area contributed by atoms with E-state index in [4.69, 9.17) is 11.6 Å². The SMILES string of the molecule is Cc1ccnc(Nc2ccc(N3CCN(C(=O)Nc4cccc(Cl)c4)CC3)nn2)c1. The van der Waals surface area contributed by atoms with Gasteiger partial charge in [0.05, 0.1) is 0 Å². The molecule has 0 radical (unpaired) electrons. The van der Waals surface area contributed by atoms with Crippen LogP contribution in [0.15, 0.2) is 54.7 Å². The lowest BCUT2D eigenvalue weighted by Crippen LogP contribution is -2.50. The molecule has 9 heteroatoms. The van der Waals surface area contributed by atoms with Gasteiger partial charge in [-0.15, -0.1) is 10.2 Å². The Bertz CT molecular complexity index is 1020. The van der Waals surface area contributed by atoms with Crippen LogP contribution in [-0.4, -0.2) is 52.3 Å². The Labute approximate surface area is 179 Å². The molecule has 0 saturated carbocycles. The predicted octanol–water partition coefficient (Wildman–Crippen LogP) is 3.93. The third-order valence-corrected chi connectivity index (χ3v) is 5.02. The fraction of sp³-hybridized carbons (Fsp3) is 0.238. The van der Waals surface area contributed by atoms with Crippen LogP contribution in [0.3, 0.4) is 0 Å². The van der Waals surface area contributed by atoms with Crippen LogP contribution < -0.4 is 15.5 Å². The van der Waals surface area contributed by atoms with Gasteiger partial charge in [0.2, 0.25) is 0 Å². The number of aryl methyl sites for hydroxylation is 1. The van der Waals surface area contributed by atoms with E-state index in [9.17, 15) is 4.79 Å². The van der Waals surface area contributed by atoms with Gasteiger partial charge in [0.25, 0.3) is 0 Å². The number of anilines is 4. The maximum Gasteiger partial charge on any atom is 0.321 e. The standard InChI is InChI=1S/C21H22ClN7O/c1-15-7-8-23-19(13-15)25-18-5-6-20(27-26-18)28-9-11-29(12-10-28)21(30)24-17-4-2-3-16(22)14-17/h2-8,13-14H,9-12H2,1H3,(H,24,30)(H,23,25,26). The molecule has 2 N–H and O–H groups in total. The number of aromatic nitrogens is 3. The van der Waals surface area contributed by atoms with Crippen LogP contribution in [0.2, 0.25) is 5.02 Å². The number of nitrogens with one attached hydrogen (secondary N) is 2. The summed E-state index contributed by atoms with van der Waals surface area (Å²) < 4.78 is 0. The van der Waals surface area contributed by atoms with Gasteiger partial charge >= 0.3 is 6.03 Å². The van der Waals surface area contributed by atoms with Crippen LogP contribution in [0.4, 0.5) is 27.9 Å². The minimum atomic E-state index is -0.131. The third-order valence-electron chi connectivity index (χ3n) is 4.79. The van der Waals surface area contributed by atoms with Crippen molar-refractivity contribution in [1.29, 1.82) is 0 Å². The molecule has 4 rings (SSSR count). The lowest BCUT2D eigenvalue weighted by molar-refractivity contribution is 0.208. The second-order valence-electron chi connectivity index (χ2n) is 7.03. The first-order valence-corrected chi connectivity index (χ1v) is 10.0. The van der Waals surface area contributed by atoms with E-state index in [1.54, 1.807) is 23.2 Å². The molecular weight excluding hydrogens is 402 g/mol. The molecule has 3 aromatic rings. The van der Waals surface area contributed by atoms with Gasteiger partial charge in [-0.05, 0) is 55.0 Å². The first-order valence-electron chi connectivity index (χ1n) is 9.67. The molecule has 0 bridgehead atoms. The van der Waals surface area contributed by atoms with E-state index in [-0.39, 0.29) is 6.03 Å². The Morgan fingerprint density at radius 3 is 2.53 bits per heavy atom. The van der Waals surface area contributed by atoms with E-state index in [1.165, 1.54) is 0 Å². The molecule has 0 aliphatic carbocycles. The summed E-state index contributed by atoms with van der Waals surface area (Å²) in [6.07, 6.45) is 1.75. The molecule has 154 valence electrons. The summed E-state index contributed by atoms with van der Waals surface area (Å²) in [5.74, 6) is 2.15. The van der Waals surface area contributed by atoms with Gasteiger partial charge < -0.3 is 20.4 Å². The van der Waals surface area contributed by atoms with Crippen molar-refractivity contribution in [2.24, 2.45) is 0 Å².